The van der Waals surface area contributed by atoms with Crippen LogP contribution in [-0.2, 0) is 11.2 Å². The van der Waals surface area contributed by atoms with Gasteiger partial charge in [-0.1, -0.05) is 6.07 Å². The predicted molar refractivity (Wildman–Crippen MR) is 90.5 cm³/mol. The van der Waals surface area contributed by atoms with Crippen molar-refractivity contribution < 1.29 is 23.7 Å². The molecule has 0 saturated carbocycles. The van der Waals surface area contributed by atoms with Gasteiger partial charge in [-0.2, -0.15) is 4.98 Å². The maximum absolute atomic E-state index is 12.6. The molecule has 0 bridgehead atoms. The summed E-state index contributed by atoms with van der Waals surface area (Å²) >= 11 is 0. The first-order chi connectivity index (χ1) is 12.7. The van der Waals surface area contributed by atoms with Gasteiger partial charge in [0.05, 0.1) is 32.5 Å². The Kier molecular flexibility index (Phi) is 4.47. The van der Waals surface area contributed by atoms with Gasteiger partial charge < -0.3 is 23.8 Å². The molecule has 8 nitrogen and oxygen atoms in total. The summed E-state index contributed by atoms with van der Waals surface area (Å²) in [6.45, 7) is 1.42. The molecule has 3 heterocycles. The van der Waals surface area contributed by atoms with E-state index in [1.807, 2.05) is 23.1 Å². The van der Waals surface area contributed by atoms with Crippen LogP contribution in [0.3, 0.4) is 0 Å². The van der Waals surface area contributed by atoms with Crippen LogP contribution in [0.4, 0.5) is 0 Å². The van der Waals surface area contributed by atoms with Crippen LogP contribution in [0.2, 0.25) is 0 Å². The predicted octanol–water partition coefficient (Wildman–Crippen LogP) is 1.44. The van der Waals surface area contributed by atoms with Gasteiger partial charge in [-0.05, 0) is 17.7 Å². The number of likely N-dealkylation sites (tertiary alicyclic amines) is 1. The Morgan fingerprint density at radius 2 is 2.12 bits per heavy atom. The number of rotatable bonds is 5. The molecular formula is C18H19N3O5. The first kappa shape index (κ1) is 16.4. The Morgan fingerprint density at radius 3 is 3.00 bits per heavy atom. The van der Waals surface area contributed by atoms with Crippen LogP contribution in [0.5, 0.6) is 23.3 Å². The van der Waals surface area contributed by atoms with Crippen molar-refractivity contribution in [2.24, 2.45) is 0 Å². The SMILES string of the molecule is COc1cncc(OC2CCN(C(=O)Cc3ccc4c(c3)OCO4)C2)n1. The number of carbonyl (C=O) groups is 1. The lowest BCUT2D eigenvalue weighted by Crippen LogP contribution is -2.32. The van der Waals surface area contributed by atoms with Crippen molar-refractivity contribution in [2.45, 2.75) is 18.9 Å². The number of methoxy groups -OCH3 is 1. The van der Waals surface area contributed by atoms with E-state index in [-0.39, 0.29) is 18.8 Å². The number of nitrogens with zero attached hydrogens (tertiary/aromatic N) is 3. The van der Waals surface area contributed by atoms with Crippen molar-refractivity contribution in [3.63, 3.8) is 0 Å². The first-order valence-corrected chi connectivity index (χ1v) is 8.40. The van der Waals surface area contributed by atoms with Gasteiger partial charge >= 0.3 is 0 Å². The van der Waals surface area contributed by atoms with Gasteiger partial charge in [0.2, 0.25) is 24.5 Å². The van der Waals surface area contributed by atoms with Gasteiger partial charge in [-0.3, -0.25) is 9.78 Å². The van der Waals surface area contributed by atoms with Gasteiger partial charge in [-0.15, -0.1) is 0 Å². The highest BCUT2D eigenvalue weighted by molar-refractivity contribution is 5.79. The van der Waals surface area contributed by atoms with Crippen LogP contribution >= 0.6 is 0 Å². The summed E-state index contributed by atoms with van der Waals surface area (Å²) in [6, 6.07) is 5.58. The number of aromatic nitrogens is 2. The third kappa shape index (κ3) is 3.49. The molecule has 0 N–H and O–H groups in total. The van der Waals surface area contributed by atoms with E-state index in [4.69, 9.17) is 18.9 Å². The topological polar surface area (TPSA) is 83.0 Å². The van der Waals surface area contributed by atoms with E-state index in [0.717, 1.165) is 17.7 Å². The van der Waals surface area contributed by atoms with Crippen LogP contribution in [0.15, 0.2) is 30.6 Å². The third-order valence-corrected chi connectivity index (χ3v) is 4.38. The zero-order chi connectivity index (χ0) is 17.9. The minimum absolute atomic E-state index is 0.0618. The lowest BCUT2D eigenvalue weighted by molar-refractivity contribution is -0.129. The molecule has 1 aromatic carbocycles. The maximum Gasteiger partial charge on any atom is 0.235 e. The molecule has 2 aliphatic rings. The summed E-state index contributed by atoms with van der Waals surface area (Å²) in [5.74, 6) is 2.27. The molecule has 4 rings (SSSR count). The van der Waals surface area contributed by atoms with E-state index >= 15 is 0 Å². The Morgan fingerprint density at radius 1 is 1.27 bits per heavy atom. The number of fused-ring (bicyclic) bond motifs is 1. The zero-order valence-corrected chi connectivity index (χ0v) is 14.4. The van der Waals surface area contributed by atoms with Gasteiger partial charge in [0, 0.05) is 13.0 Å². The van der Waals surface area contributed by atoms with E-state index < -0.39 is 0 Å². The second kappa shape index (κ2) is 7.07. The fourth-order valence-electron chi connectivity index (χ4n) is 3.05. The van der Waals surface area contributed by atoms with Crippen LogP contribution in [-0.4, -0.2) is 53.9 Å². The van der Waals surface area contributed by atoms with Gasteiger partial charge in [0.15, 0.2) is 11.5 Å². The van der Waals surface area contributed by atoms with Crippen LogP contribution in [0.1, 0.15) is 12.0 Å². The number of hydrogen-bond donors (Lipinski definition) is 0. The fourth-order valence-corrected chi connectivity index (χ4v) is 3.05. The highest BCUT2D eigenvalue weighted by Crippen LogP contribution is 2.32. The molecule has 1 fully saturated rings. The fraction of sp³-hybridized carbons (Fsp3) is 0.389. The van der Waals surface area contributed by atoms with Gasteiger partial charge in [0.25, 0.3) is 0 Å². The van der Waals surface area contributed by atoms with Crippen molar-refractivity contribution >= 4 is 5.91 Å². The Balaban J connectivity index is 1.33. The lowest BCUT2D eigenvalue weighted by atomic mass is 10.1. The van der Waals surface area contributed by atoms with Gasteiger partial charge in [-0.25, -0.2) is 0 Å². The summed E-state index contributed by atoms with van der Waals surface area (Å²) in [5.41, 5.74) is 0.905. The number of benzene rings is 1. The zero-order valence-electron chi connectivity index (χ0n) is 14.4. The summed E-state index contributed by atoms with van der Waals surface area (Å²) in [7, 11) is 1.53. The Bertz CT molecular complexity index is 813. The van der Waals surface area contributed by atoms with Crippen molar-refractivity contribution in [3.05, 3.63) is 36.2 Å². The molecule has 26 heavy (non-hydrogen) atoms. The molecule has 136 valence electrons. The normalized spacial score (nSPS) is 18.0. The summed E-state index contributed by atoms with van der Waals surface area (Å²) in [6.07, 6.45) is 4.04. The molecule has 1 amide bonds. The smallest absolute Gasteiger partial charge is 0.235 e. The summed E-state index contributed by atoms with van der Waals surface area (Å²) < 4.78 is 21.5. The minimum atomic E-state index is -0.0999. The molecule has 0 aliphatic carbocycles. The van der Waals surface area contributed by atoms with E-state index in [9.17, 15) is 4.79 Å². The minimum Gasteiger partial charge on any atom is -0.480 e. The number of ether oxygens (including phenoxy) is 4. The van der Waals surface area contributed by atoms with E-state index in [2.05, 4.69) is 9.97 Å². The van der Waals surface area contributed by atoms with Crippen molar-refractivity contribution in [1.29, 1.82) is 0 Å². The van der Waals surface area contributed by atoms with Crippen LogP contribution in [0, 0.1) is 0 Å². The Hall–Kier alpha value is -3.03. The highest BCUT2D eigenvalue weighted by atomic mass is 16.7. The molecule has 1 unspecified atom stereocenters. The number of carbonyl (C=O) groups excluding carboxylic acids is 1. The van der Waals surface area contributed by atoms with Crippen molar-refractivity contribution in [3.8, 4) is 23.3 Å². The average Bonchev–Trinajstić information content (AvgIpc) is 3.31. The average molecular weight is 357 g/mol. The Labute approximate surface area is 150 Å². The van der Waals surface area contributed by atoms with Crippen LogP contribution in [0.25, 0.3) is 0 Å². The standard InChI is InChI=1S/C18H19N3O5/c1-23-16-8-19-9-17(20-16)26-13-4-5-21(10-13)18(22)7-12-2-3-14-15(6-12)25-11-24-14/h2-3,6,8-9,13H,4-5,7,10-11H2,1H3. The lowest BCUT2D eigenvalue weighted by Gasteiger charge is -2.17. The molecule has 1 aromatic heterocycles. The second-order valence-electron chi connectivity index (χ2n) is 6.13. The van der Waals surface area contributed by atoms with Crippen LogP contribution < -0.4 is 18.9 Å². The molecular weight excluding hydrogens is 338 g/mol. The monoisotopic (exact) mass is 357 g/mol. The largest absolute Gasteiger partial charge is 0.480 e. The third-order valence-electron chi connectivity index (χ3n) is 4.38. The molecule has 0 spiro atoms. The summed E-state index contributed by atoms with van der Waals surface area (Å²) in [4.78, 5) is 22.6. The number of amides is 1. The quantitative estimate of drug-likeness (QED) is 0.800. The number of hydrogen-bond acceptors (Lipinski definition) is 7. The first-order valence-electron chi connectivity index (χ1n) is 8.40. The molecule has 1 saturated heterocycles. The van der Waals surface area contributed by atoms with E-state index in [1.54, 1.807) is 6.20 Å². The molecule has 2 aliphatic heterocycles. The van der Waals surface area contributed by atoms with E-state index in [1.165, 1.54) is 13.3 Å². The van der Waals surface area contributed by atoms with Gasteiger partial charge in [0.1, 0.15) is 6.10 Å². The summed E-state index contributed by atoms with van der Waals surface area (Å²) in [5, 5.41) is 0. The molecule has 8 heteroatoms. The van der Waals surface area contributed by atoms with Crippen molar-refractivity contribution in [1.82, 2.24) is 14.9 Å². The maximum atomic E-state index is 12.6. The van der Waals surface area contributed by atoms with E-state index in [0.29, 0.717) is 37.0 Å². The molecule has 2 aromatic rings. The molecule has 1 atom stereocenters. The van der Waals surface area contributed by atoms with Crippen molar-refractivity contribution in [2.75, 3.05) is 27.0 Å². The molecule has 0 radical (unpaired) electrons. The highest BCUT2D eigenvalue weighted by Gasteiger charge is 2.28. The second-order valence-corrected chi connectivity index (χ2v) is 6.13.